The number of rotatable bonds is 7. The van der Waals surface area contributed by atoms with Crippen LogP contribution in [0, 0.1) is 0 Å². The number of nitrogen functional groups attached to an aromatic ring is 1. The van der Waals surface area contributed by atoms with Gasteiger partial charge in [0, 0.05) is 12.2 Å². The maximum atomic E-state index is 5.89. The Morgan fingerprint density at radius 2 is 2.12 bits per heavy atom. The zero-order valence-corrected chi connectivity index (χ0v) is 12.3. The summed E-state index contributed by atoms with van der Waals surface area (Å²) in [6.45, 7) is 4.43. The number of anilines is 2. The fourth-order valence-electron chi connectivity index (χ4n) is 1.80. The third-order valence-electron chi connectivity index (χ3n) is 2.81. The van der Waals surface area contributed by atoms with Crippen LogP contribution in [0.3, 0.4) is 0 Å². The predicted octanol–water partition coefficient (Wildman–Crippen LogP) is 4.20. The second kappa shape index (κ2) is 7.54. The van der Waals surface area contributed by atoms with Gasteiger partial charge in [0.15, 0.2) is 0 Å². The van der Waals surface area contributed by atoms with E-state index in [4.69, 9.17) is 5.73 Å². The Hall–Kier alpha value is -0.770. The summed E-state index contributed by atoms with van der Waals surface area (Å²) >= 11 is 3.46. The van der Waals surface area contributed by atoms with Gasteiger partial charge in [0.1, 0.15) is 0 Å². The van der Waals surface area contributed by atoms with Crippen molar-refractivity contribution >= 4 is 27.3 Å². The molecule has 1 aromatic heterocycles. The molecule has 1 aromatic rings. The van der Waals surface area contributed by atoms with E-state index in [0.29, 0.717) is 11.7 Å². The number of aromatic nitrogens is 1. The molecule has 1 heterocycles. The molecule has 0 fully saturated rings. The first-order valence-corrected chi connectivity index (χ1v) is 7.10. The number of pyridine rings is 1. The van der Waals surface area contributed by atoms with Gasteiger partial charge in [0.05, 0.1) is 22.0 Å². The van der Waals surface area contributed by atoms with Crippen LogP contribution >= 0.6 is 15.9 Å². The summed E-state index contributed by atoms with van der Waals surface area (Å²) in [5.74, 6) is 0. The Bertz CT molecular complexity index is 321. The Balaban J connectivity index is 2.42. The van der Waals surface area contributed by atoms with Crippen molar-refractivity contribution in [1.82, 2.24) is 4.98 Å². The minimum Gasteiger partial charge on any atom is -0.396 e. The van der Waals surface area contributed by atoms with Crippen LogP contribution < -0.4 is 11.1 Å². The first-order valence-electron chi connectivity index (χ1n) is 6.30. The zero-order valence-electron chi connectivity index (χ0n) is 10.7. The lowest BCUT2D eigenvalue weighted by atomic mass is 10.1. The van der Waals surface area contributed by atoms with Crippen molar-refractivity contribution in [2.75, 3.05) is 11.1 Å². The van der Waals surface area contributed by atoms with E-state index in [9.17, 15) is 0 Å². The van der Waals surface area contributed by atoms with E-state index in [2.05, 4.69) is 40.1 Å². The molecule has 0 bridgehead atoms. The highest BCUT2D eigenvalue weighted by atomic mass is 79.9. The molecule has 0 saturated carbocycles. The Morgan fingerprint density at radius 3 is 2.76 bits per heavy atom. The maximum absolute atomic E-state index is 5.89. The van der Waals surface area contributed by atoms with Crippen molar-refractivity contribution in [2.24, 2.45) is 0 Å². The van der Waals surface area contributed by atoms with Gasteiger partial charge >= 0.3 is 0 Å². The van der Waals surface area contributed by atoms with Crippen LogP contribution in [0.25, 0.3) is 0 Å². The van der Waals surface area contributed by atoms with Gasteiger partial charge in [-0.3, -0.25) is 4.98 Å². The molecule has 0 amide bonds. The monoisotopic (exact) mass is 299 g/mol. The van der Waals surface area contributed by atoms with Crippen molar-refractivity contribution < 1.29 is 0 Å². The van der Waals surface area contributed by atoms with Gasteiger partial charge < -0.3 is 11.1 Å². The van der Waals surface area contributed by atoms with Gasteiger partial charge in [-0.25, -0.2) is 0 Å². The average molecular weight is 300 g/mol. The van der Waals surface area contributed by atoms with Crippen LogP contribution in [0.15, 0.2) is 16.9 Å². The zero-order chi connectivity index (χ0) is 12.7. The fraction of sp³-hybridized carbons (Fsp3) is 0.615. The minimum absolute atomic E-state index is 0.438. The third-order valence-corrected chi connectivity index (χ3v) is 3.41. The van der Waals surface area contributed by atoms with Gasteiger partial charge in [-0.15, -0.1) is 0 Å². The number of hydrogen-bond acceptors (Lipinski definition) is 3. The average Bonchev–Trinajstić information content (AvgIpc) is 2.30. The highest BCUT2D eigenvalue weighted by molar-refractivity contribution is 9.10. The van der Waals surface area contributed by atoms with Crippen molar-refractivity contribution in [2.45, 2.75) is 52.0 Å². The maximum Gasteiger partial charge on any atom is 0.0752 e. The van der Waals surface area contributed by atoms with Crippen LogP contribution in [0.2, 0.25) is 0 Å². The van der Waals surface area contributed by atoms with Crippen LogP contribution in [-0.4, -0.2) is 11.0 Å². The summed E-state index contributed by atoms with van der Waals surface area (Å²) in [4.78, 5) is 4.03. The predicted molar refractivity (Wildman–Crippen MR) is 78.2 cm³/mol. The molecule has 0 aromatic carbocycles. The second-order valence-electron chi connectivity index (χ2n) is 4.48. The van der Waals surface area contributed by atoms with Crippen molar-refractivity contribution in [3.63, 3.8) is 0 Å². The van der Waals surface area contributed by atoms with Crippen molar-refractivity contribution in [3.05, 3.63) is 16.9 Å². The highest BCUT2D eigenvalue weighted by Crippen LogP contribution is 2.28. The number of nitrogens with zero attached hydrogens (tertiary/aromatic N) is 1. The van der Waals surface area contributed by atoms with Crippen LogP contribution in [0.1, 0.15) is 46.0 Å². The molecule has 0 radical (unpaired) electrons. The molecule has 1 unspecified atom stereocenters. The standard InChI is InChI=1S/C13H22BrN3/c1-3-4-5-6-7-10(2)17-13-11(14)8-16-9-12(13)15/h8-10H,3-7,15H2,1-2H3,(H,16,17). The summed E-state index contributed by atoms with van der Waals surface area (Å²) in [6.07, 6.45) is 9.81. The molecular formula is C13H22BrN3. The molecule has 1 rings (SSSR count). The van der Waals surface area contributed by atoms with E-state index in [0.717, 1.165) is 10.2 Å². The number of nitrogens with two attached hydrogens (primary N) is 1. The van der Waals surface area contributed by atoms with E-state index >= 15 is 0 Å². The second-order valence-corrected chi connectivity index (χ2v) is 5.33. The molecule has 0 saturated heterocycles. The summed E-state index contributed by atoms with van der Waals surface area (Å²) < 4.78 is 0.929. The Kier molecular flexibility index (Phi) is 6.34. The Morgan fingerprint density at radius 1 is 1.35 bits per heavy atom. The first-order chi connectivity index (χ1) is 8.15. The third kappa shape index (κ3) is 4.94. The largest absolute Gasteiger partial charge is 0.396 e. The van der Waals surface area contributed by atoms with Gasteiger partial charge in [-0.05, 0) is 29.3 Å². The smallest absolute Gasteiger partial charge is 0.0752 e. The fourth-order valence-corrected chi connectivity index (χ4v) is 2.26. The molecule has 0 aliphatic rings. The molecule has 1 atom stereocenters. The SMILES string of the molecule is CCCCCCC(C)Nc1c(N)cncc1Br. The topological polar surface area (TPSA) is 50.9 Å². The van der Waals surface area contributed by atoms with Crippen molar-refractivity contribution in [3.8, 4) is 0 Å². The molecule has 96 valence electrons. The van der Waals surface area contributed by atoms with Crippen LogP contribution in [-0.2, 0) is 0 Å². The number of hydrogen-bond donors (Lipinski definition) is 2. The summed E-state index contributed by atoms with van der Waals surface area (Å²) in [5, 5.41) is 3.44. The molecule has 0 spiro atoms. The van der Waals surface area contributed by atoms with Gasteiger partial charge in [-0.2, -0.15) is 0 Å². The molecule has 4 heteroatoms. The minimum atomic E-state index is 0.438. The van der Waals surface area contributed by atoms with E-state index in [-0.39, 0.29) is 0 Å². The first kappa shape index (κ1) is 14.3. The van der Waals surface area contributed by atoms with E-state index in [1.54, 1.807) is 12.4 Å². The van der Waals surface area contributed by atoms with E-state index in [1.165, 1.54) is 32.1 Å². The summed E-state index contributed by atoms with van der Waals surface area (Å²) in [6, 6.07) is 0.438. The molecule has 3 nitrogen and oxygen atoms in total. The molecule has 3 N–H and O–H groups in total. The molecule has 17 heavy (non-hydrogen) atoms. The quantitative estimate of drug-likeness (QED) is 0.742. The molecule has 0 aliphatic carbocycles. The summed E-state index contributed by atoms with van der Waals surface area (Å²) in [5.41, 5.74) is 7.55. The highest BCUT2D eigenvalue weighted by Gasteiger charge is 2.08. The van der Waals surface area contributed by atoms with Gasteiger partial charge in [-0.1, -0.05) is 32.6 Å². The van der Waals surface area contributed by atoms with Gasteiger partial charge in [0.2, 0.25) is 0 Å². The number of unbranched alkanes of at least 4 members (excludes halogenated alkanes) is 3. The number of halogens is 1. The van der Waals surface area contributed by atoms with Gasteiger partial charge in [0.25, 0.3) is 0 Å². The van der Waals surface area contributed by atoms with Crippen molar-refractivity contribution in [1.29, 1.82) is 0 Å². The number of nitrogens with one attached hydrogen (secondary N) is 1. The summed E-state index contributed by atoms with van der Waals surface area (Å²) in [7, 11) is 0. The lowest BCUT2D eigenvalue weighted by Gasteiger charge is -2.17. The molecule has 0 aliphatic heterocycles. The van der Waals surface area contributed by atoms with Crippen LogP contribution in [0.4, 0.5) is 11.4 Å². The van der Waals surface area contributed by atoms with Crippen LogP contribution in [0.5, 0.6) is 0 Å². The van der Waals surface area contributed by atoms with E-state index in [1.807, 2.05) is 0 Å². The lowest BCUT2D eigenvalue weighted by molar-refractivity contribution is 0.594. The molecular weight excluding hydrogens is 278 g/mol. The van der Waals surface area contributed by atoms with E-state index < -0.39 is 0 Å². The Labute approximate surface area is 112 Å². The normalized spacial score (nSPS) is 12.4. The lowest BCUT2D eigenvalue weighted by Crippen LogP contribution is -2.16.